The fourth-order valence-corrected chi connectivity index (χ4v) is 5.39. The highest BCUT2D eigenvalue weighted by Gasteiger charge is 2.19. The average molecular weight is 474 g/mol. The maximum absolute atomic E-state index is 11.7. The van der Waals surface area contributed by atoms with E-state index in [0.29, 0.717) is 5.02 Å². The molecule has 0 aliphatic rings. The molecule has 7 heteroatoms. The SMILES string of the molecule is Cc1cc2nc(-c3cccc(-c4ccnn4C)c3)sc2c(-c2ccc(Cl)cc2)c1CC(=O)O. The van der Waals surface area contributed by atoms with Gasteiger partial charge in [-0.1, -0.05) is 41.9 Å². The summed E-state index contributed by atoms with van der Waals surface area (Å²) < 4.78 is 2.82. The Kier molecular flexibility index (Phi) is 5.48. The van der Waals surface area contributed by atoms with Gasteiger partial charge in [-0.05, 0) is 53.9 Å². The van der Waals surface area contributed by atoms with E-state index in [1.807, 2.05) is 67.2 Å². The van der Waals surface area contributed by atoms with Gasteiger partial charge in [0.15, 0.2) is 0 Å². The van der Waals surface area contributed by atoms with E-state index in [2.05, 4.69) is 17.2 Å². The number of halogens is 1. The van der Waals surface area contributed by atoms with Gasteiger partial charge in [0.1, 0.15) is 5.01 Å². The number of benzene rings is 3. The average Bonchev–Trinajstić information content (AvgIpc) is 3.41. The lowest BCUT2D eigenvalue weighted by Gasteiger charge is -2.13. The van der Waals surface area contributed by atoms with E-state index in [-0.39, 0.29) is 6.42 Å². The second-order valence-electron chi connectivity index (χ2n) is 7.91. The lowest BCUT2D eigenvalue weighted by atomic mass is 9.93. The van der Waals surface area contributed by atoms with Crippen molar-refractivity contribution < 1.29 is 9.90 Å². The first kappa shape index (κ1) is 21.4. The Hall–Kier alpha value is -3.48. The first-order valence-electron chi connectivity index (χ1n) is 10.4. The van der Waals surface area contributed by atoms with Gasteiger partial charge < -0.3 is 5.11 Å². The molecule has 0 fully saturated rings. The van der Waals surface area contributed by atoms with Gasteiger partial charge in [-0.2, -0.15) is 5.10 Å². The van der Waals surface area contributed by atoms with E-state index in [4.69, 9.17) is 16.6 Å². The number of aromatic nitrogens is 3. The Labute approximate surface area is 199 Å². The minimum atomic E-state index is -0.860. The van der Waals surface area contributed by atoms with Crippen LogP contribution in [0.2, 0.25) is 5.02 Å². The molecule has 164 valence electrons. The third kappa shape index (κ3) is 4.03. The molecule has 2 aromatic heterocycles. The molecule has 5 rings (SSSR count). The summed E-state index contributed by atoms with van der Waals surface area (Å²) in [5, 5.41) is 15.4. The Bertz CT molecular complexity index is 1500. The summed E-state index contributed by atoms with van der Waals surface area (Å²) in [6.07, 6.45) is 1.73. The van der Waals surface area contributed by atoms with Crippen LogP contribution < -0.4 is 0 Å². The third-order valence-electron chi connectivity index (χ3n) is 5.70. The Morgan fingerprint density at radius 1 is 1.06 bits per heavy atom. The van der Waals surface area contributed by atoms with Crippen LogP contribution in [-0.4, -0.2) is 25.8 Å². The number of hydrogen-bond donors (Lipinski definition) is 1. The molecule has 0 aliphatic carbocycles. The van der Waals surface area contributed by atoms with Crippen LogP contribution in [-0.2, 0) is 18.3 Å². The van der Waals surface area contributed by atoms with Crippen LogP contribution >= 0.6 is 22.9 Å². The smallest absolute Gasteiger partial charge is 0.307 e. The number of carboxylic acids is 1. The number of carbonyl (C=O) groups is 1. The van der Waals surface area contributed by atoms with Crippen LogP contribution in [0.25, 0.3) is 43.2 Å². The second-order valence-corrected chi connectivity index (χ2v) is 9.35. The van der Waals surface area contributed by atoms with Gasteiger partial charge in [0, 0.05) is 35.0 Å². The minimum Gasteiger partial charge on any atom is -0.481 e. The van der Waals surface area contributed by atoms with Crippen molar-refractivity contribution in [2.24, 2.45) is 7.05 Å². The molecule has 3 aromatic carbocycles. The molecule has 33 heavy (non-hydrogen) atoms. The van der Waals surface area contributed by atoms with Crippen LogP contribution in [0.15, 0.2) is 66.9 Å². The standard InChI is InChI=1S/C26H20ClN3O2S/c1-15-12-21-25(24(20(15)14-23(31)32)16-6-8-19(27)9-7-16)33-26(29-21)18-5-3-4-17(13-18)22-10-11-28-30(22)2/h3-13H,14H2,1-2H3,(H,31,32). The maximum Gasteiger partial charge on any atom is 0.307 e. The van der Waals surface area contributed by atoms with Gasteiger partial charge in [0.2, 0.25) is 0 Å². The quantitative estimate of drug-likeness (QED) is 0.311. The topological polar surface area (TPSA) is 68.0 Å². The number of carboxylic acid groups (broad SMARTS) is 1. The van der Waals surface area contributed by atoms with Crippen LogP contribution in [0, 0.1) is 6.92 Å². The fraction of sp³-hybridized carbons (Fsp3) is 0.115. The molecular formula is C26H20ClN3O2S. The summed E-state index contributed by atoms with van der Waals surface area (Å²) in [6, 6.07) is 19.7. The lowest BCUT2D eigenvalue weighted by Crippen LogP contribution is -2.04. The molecule has 0 saturated carbocycles. The Morgan fingerprint density at radius 3 is 2.52 bits per heavy atom. The molecule has 0 saturated heterocycles. The van der Waals surface area contributed by atoms with Crippen molar-refractivity contribution in [3.63, 3.8) is 0 Å². The predicted molar refractivity (Wildman–Crippen MR) is 134 cm³/mol. The number of thiazole rings is 1. The summed E-state index contributed by atoms with van der Waals surface area (Å²) in [5.74, 6) is -0.860. The molecule has 1 N–H and O–H groups in total. The summed E-state index contributed by atoms with van der Waals surface area (Å²) in [4.78, 5) is 16.6. The molecule has 0 unspecified atom stereocenters. The number of nitrogens with zero attached hydrogens (tertiary/aromatic N) is 3. The zero-order chi connectivity index (χ0) is 23.1. The molecule has 0 bridgehead atoms. The Morgan fingerprint density at radius 2 is 1.82 bits per heavy atom. The van der Waals surface area contributed by atoms with Crippen LogP contribution in [0.5, 0.6) is 0 Å². The highest BCUT2D eigenvalue weighted by Crippen LogP contribution is 2.41. The first-order valence-corrected chi connectivity index (χ1v) is 11.6. The lowest BCUT2D eigenvalue weighted by molar-refractivity contribution is -0.136. The summed E-state index contributed by atoms with van der Waals surface area (Å²) in [5.41, 5.74) is 7.52. The van der Waals surface area contributed by atoms with E-state index >= 15 is 0 Å². The zero-order valence-corrected chi connectivity index (χ0v) is 19.6. The predicted octanol–water partition coefficient (Wildman–Crippen LogP) is 6.62. The number of aliphatic carboxylic acids is 1. The van der Waals surface area contributed by atoms with Crippen molar-refractivity contribution >= 4 is 39.1 Å². The highest BCUT2D eigenvalue weighted by atomic mass is 35.5. The molecule has 0 aliphatic heterocycles. The minimum absolute atomic E-state index is 0.0526. The number of hydrogen-bond acceptors (Lipinski definition) is 4. The van der Waals surface area contributed by atoms with Gasteiger partial charge >= 0.3 is 5.97 Å². The van der Waals surface area contributed by atoms with Crippen LogP contribution in [0.4, 0.5) is 0 Å². The van der Waals surface area contributed by atoms with Crippen LogP contribution in [0.3, 0.4) is 0 Å². The van der Waals surface area contributed by atoms with Crippen molar-refractivity contribution in [1.29, 1.82) is 0 Å². The molecule has 5 nitrogen and oxygen atoms in total. The van der Waals surface area contributed by atoms with E-state index < -0.39 is 5.97 Å². The molecule has 0 spiro atoms. The maximum atomic E-state index is 11.7. The van der Waals surface area contributed by atoms with Crippen molar-refractivity contribution in [3.8, 4) is 33.0 Å². The summed E-state index contributed by atoms with van der Waals surface area (Å²) >= 11 is 7.69. The van der Waals surface area contributed by atoms with E-state index in [1.54, 1.807) is 17.5 Å². The largest absolute Gasteiger partial charge is 0.481 e. The van der Waals surface area contributed by atoms with Crippen molar-refractivity contribution in [2.75, 3.05) is 0 Å². The first-order chi connectivity index (χ1) is 15.9. The van der Waals surface area contributed by atoms with Gasteiger partial charge in [0.25, 0.3) is 0 Å². The zero-order valence-electron chi connectivity index (χ0n) is 18.0. The summed E-state index contributed by atoms with van der Waals surface area (Å²) in [6.45, 7) is 1.94. The van der Waals surface area contributed by atoms with E-state index in [0.717, 1.165) is 54.3 Å². The van der Waals surface area contributed by atoms with E-state index in [9.17, 15) is 9.90 Å². The fourth-order valence-electron chi connectivity index (χ4n) is 4.13. The molecule has 2 heterocycles. The van der Waals surface area contributed by atoms with Crippen molar-refractivity contribution in [3.05, 3.63) is 83.0 Å². The van der Waals surface area contributed by atoms with Gasteiger partial charge in [-0.25, -0.2) is 4.98 Å². The molecule has 5 aromatic rings. The van der Waals surface area contributed by atoms with Gasteiger partial charge in [-0.15, -0.1) is 11.3 Å². The third-order valence-corrected chi connectivity index (χ3v) is 7.09. The normalized spacial score (nSPS) is 11.2. The van der Waals surface area contributed by atoms with Gasteiger partial charge in [-0.3, -0.25) is 9.48 Å². The van der Waals surface area contributed by atoms with Crippen molar-refractivity contribution in [1.82, 2.24) is 14.8 Å². The molecular weight excluding hydrogens is 454 g/mol. The van der Waals surface area contributed by atoms with Crippen molar-refractivity contribution in [2.45, 2.75) is 13.3 Å². The molecule has 0 radical (unpaired) electrons. The Balaban J connectivity index is 1.71. The number of aryl methyl sites for hydroxylation is 2. The highest BCUT2D eigenvalue weighted by molar-refractivity contribution is 7.22. The number of rotatable bonds is 5. The van der Waals surface area contributed by atoms with E-state index in [1.165, 1.54) is 0 Å². The molecule has 0 amide bonds. The van der Waals surface area contributed by atoms with Gasteiger partial charge in [0.05, 0.1) is 22.3 Å². The second kappa shape index (κ2) is 8.46. The van der Waals surface area contributed by atoms with Crippen LogP contribution in [0.1, 0.15) is 11.1 Å². The number of fused-ring (bicyclic) bond motifs is 1. The summed E-state index contributed by atoms with van der Waals surface area (Å²) in [7, 11) is 1.92. The molecule has 0 atom stereocenters. The monoisotopic (exact) mass is 473 g/mol.